The maximum atomic E-state index is 5.88. The second kappa shape index (κ2) is 10.1. The molecule has 0 spiro atoms. The van der Waals surface area contributed by atoms with Crippen molar-refractivity contribution in [2.45, 2.75) is 24.0 Å². The normalized spacial score (nSPS) is 12.0. The first-order valence-electron chi connectivity index (χ1n) is 7.54. The lowest BCUT2D eigenvalue weighted by Gasteiger charge is -2.00. The molecule has 2 N–H and O–H groups in total. The summed E-state index contributed by atoms with van der Waals surface area (Å²) in [6.07, 6.45) is 2.91. The van der Waals surface area contributed by atoms with Gasteiger partial charge in [0.05, 0.1) is 6.21 Å². The van der Waals surface area contributed by atoms with Gasteiger partial charge in [-0.15, -0.1) is 16.9 Å². The van der Waals surface area contributed by atoms with Crippen molar-refractivity contribution in [2.75, 3.05) is 5.75 Å². The van der Waals surface area contributed by atoms with Crippen LogP contribution in [0.25, 0.3) is 0 Å². The summed E-state index contributed by atoms with van der Waals surface area (Å²) in [5.41, 5.74) is 8.14. The minimum atomic E-state index is 0.474. The summed E-state index contributed by atoms with van der Waals surface area (Å²) in [6, 6.07) is 18.5. The van der Waals surface area contributed by atoms with Gasteiger partial charge in [0.15, 0.2) is 5.17 Å². The summed E-state index contributed by atoms with van der Waals surface area (Å²) in [6.45, 7) is 2.18. The van der Waals surface area contributed by atoms with Gasteiger partial charge in [0, 0.05) is 10.6 Å². The van der Waals surface area contributed by atoms with E-state index in [1.807, 2.05) is 42.1 Å². The molecule has 0 amide bonds. The number of benzene rings is 2. The molecule has 0 radical (unpaired) electrons. The maximum absolute atomic E-state index is 5.88. The topological polar surface area (TPSA) is 50.7 Å². The van der Waals surface area contributed by atoms with Crippen LogP contribution >= 0.6 is 23.5 Å². The molecule has 0 heterocycles. The van der Waals surface area contributed by atoms with Gasteiger partial charge in [0.2, 0.25) is 0 Å². The van der Waals surface area contributed by atoms with Crippen LogP contribution in [0.3, 0.4) is 0 Å². The van der Waals surface area contributed by atoms with Crippen molar-refractivity contribution in [3.63, 3.8) is 0 Å². The Morgan fingerprint density at radius 3 is 2.74 bits per heavy atom. The second-order valence-electron chi connectivity index (χ2n) is 4.88. The highest BCUT2D eigenvalue weighted by atomic mass is 32.2. The number of thioether (sulfide) groups is 2. The number of nitrogens with zero attached hydrogens (tertiary/aromatic N) is 2. The molecule has 23 heavy (non-hydrogen) atoms. The molecule has 120 valence electrons. The molecular formula is C18H21N3S2. The molecule has 0 unspecified atom stereocenters. The number of nitrogens with two attached hydrogens (primary N) is 1. The minimum Gasteiger partial charge on any atom is -0.377 e. The van der Waals surface area contributed by atoms with E-state index < -0.39 is 0 Å². The molecule has 5 heteroatoms. The van der Waals surface area contributed by atoms with Crippen LogP contribution in [0, 0.1) is 0 Å². The van der Waals surface area contributed by atoms with Crippen LogP contribution in [0.5, 0.6) is 0 Å². The van der Waals surface area contributed by atoms with Crippen molar-refractivity contribution in [3.8, 4) is 0 Å². The van der Waals surface area contributed by atoms with Crippen molar-refractivity contribution in [1.82, 2.24) is 0 Å². The summed E-state index contributed by atoms with van der Waals surface area (Å²) in [4.78, 5) is 1.26. The molecule has 0 bridgehead atoms. The third-order valence-electron chi connectivity index (χ3n) is 2.92. The van der Waals surface area contributed by atoms with Crippen LogP contribution in [-0.4, -0.2) is 17.1 Å². The molecule has 0 aliphatic rings. The zero-order valence-electron chi connectivity index (χ0n) is 13.2. The third-order valence-corrected chi connectivity index (χ3v) is 4.98. The molecule has 0 aliphatic heterocycles. The Kier molecular flexibility index (Phi) is 7.77. The number of rotatable bonds is 7. The third kappa shape index (κ3) is 6.93. The van der Waals surface area contributed by atoms with E-state index in [2.05, 4.69) is 41.4 Å². The first-order chi connectivity index (χ1) is 11.3. The fraction of sp³-hybridized carbons (Fsp3) is 0.222. The average molecular weight is 344 g/mol. The van der Waals surface area contributed by atoms with Gasteiger partial charge in [0.25, 0.3) is 0 Å². The zero-order chi connectivity index (χ0) is 16.3. The van der Waals surface area contributed by atoms with E-state index in [9.17, 15) is 0 Å². The summed E-state index contributed by atoms with van der Waals surface area (Å²) in [5.74, 6) is 1.93. The smallest absolute Gasteiger partial charge is 0.180 e. The molecule has 0 saturated carbocycles. The van der Waals surface area contributed by atoms with E-state index >= 15 is 0 Å². The number of hydrogen-bond acceptors (Lipinski definition) is 4. The Balaban J connectivity index is 1.86. The molecular weight excluding hydrogens is 322 g/mol. The lowest BCUT2D eigenvalue weighted by Crippen LogP contribution is -2.05. The summed E-state index contributed by atoms with van der Waals surface area (Å²) >= 11 is 3.34. The van der Waals surface area contributed by atoms with Crippen LogP contribution in [0.2, 0.25) is 0 Å². The van der Waals surface area contributed by atoms with Crippen molar-refractivity contribution in [3.05, 3.63) is 65.7 Å². The minimum absolute atomic E-state index is 0.474. The molecule has 0 atom stereocenters. The van der Waals surface area contributed by atoms with Crippen LogP contribution in [-0.2, 0) is 5.75 Å². The first-order valence-corrected chi connectivity index (χ1v) is 9.51. The Labute approximate surface area is 146 Å². The predicted molar refractivity (Wildman–Crippen MR) is 104 cm³/mol. The van der Waals surface area contributed by atoms with Gasteiger partial charge in [-0.25, -0.2) is 0 Å². The van der Waals surface area contributed by atoms with Gasteiger partial charge < -0.3 is 5.73 Å². The lowest BCUT2D eigenvalue weighted by molar-refractivity contribution is 1.10. The SMILES string of the molecule is CCCSc1cccc(C=NN=C(N)SCc2ccccc2)c1. The van der Waals surface area contributed by atoms with E-state index in [4.69, 9.17) is 5.73 Å². The fourth-order valence-corrected chi connectivity index (χ4v) is 3.26. The Bertz CT molecular complexity index is 654. The Morgan fingerprint density at radius 1 is 1.13 bits per heavy atom. The molecule has 2 aromatic carbocycles. The van der Waals surface area contributed by atoms with Crippen molar-refractivity contribution >= 4 is 34.9 Å². The molecule has 0 aliphatic carbocycles. The monoisotopic (exact) mass is 343 g/mol. The highest BCUT2D eigenvalue weighted by molar-refractivity contribution is 8.13. The van der Waals surface area contributed by atoms with Gasteiger partial charge >= 0.3 is 0 Å². The molecule has 0 saturated heterocycles. The van der Waals surface area contributed by atoms with Crippen LogP contribution in [0.4, 0.5) is 0 Å². The van der Waals surface area contributed by atoms with E-state index in [0.29, 0.717) is 5.17 Å². The molecule has 3 nitrogen and oxygen atoms in total. The molecule has 0 aromatic heterocycles. The largest absolute Gasteiger partial charge is 0.377 e. The van der Waals surface area contributed by atoms with Gasteiger partial charge in [0.1, 0.15) is 0 Å². The van der Waals surface area contributed by atoms with Crippen LogP contribution in [0.15, 0.2) is 69.7 Å². The predicted octanol–water partition coefficient (Wildman–Crippen LogP) is 4.77. The van der Waals surface area contributed by atoms with Gasteiger partial charge in [-0.05, 0) is 35.4 Å². The quantitative estimate of drug-likeness (QED) is 0.341. The lowest BCUT2D eigenvalue weighted by atomic mass is 10.2. The second-order valence-corrected chi connectivity index (χ2v) is 7.04. The van der Waals surface area contributed by atoms with Crippen molar-refractivity contribution < 1.29 is 0 Å². The van der Waals surface area contributed by atoms with E-state index in [-0.39, 0.29) is 0 Å². The van der Waals surface area contributed by atoms with Crippen LogP contribution in [0.1, 0.15) is 24.5 Å². The Morgan fingerprint density at radius 2 is 1.96 bits per heavy atom. The van der Waals surface area contributed by atoms with Crippen molar-refractivity contribution in [1.29, 1.82) is 0 Å². The molecule has 0 fully saturated rings. The zero-order valence-corrected chi connectivity index (χ0v) is 14.8. The average Bonchev–Trinajstić information content (AvgIpc) is 2.59. The van der Waals surface area contributed by atoms with Crippen molar-refractivity contribution in [2.24, 2.45) is 15.9 Å². The summed E-state index contributed by atoms with van der Waals surface area (Å²) in [7, 11) is 0. The number of amidine groups is 1. The van der Waals surface area contributed by atoms with Crippen LogP contribution < -0.4 is 5.73 Å². The van der Waals surface area contributed by atoms with Gasteiger partial charge in [-0.3, -0.25) is 0 Å². The molecule has 2 aromatic rings. The Hall–Kier alpha value is -1.72. The number of hydrogen-bond donors (Lipinski definition) is 1. The van der Waals surface area contributed by atoms with E-state index in [1.54, 1.807) is 6.21 Å². The van der Waals surface area contributed by atoms with E-state index in [0.717, 1.165) is 17.1 Å². The summed E-state index contributed by atoms with van der Waals surface area (Å²) in [5, 5.41) is 8.60. The summed E-state index contributed by atoms with van der Waals surface area (Å²) < 4.78 is 0. The first kappa shape index (κ1) is 17.6. The maximum Gasteiger partial charge on any atom is 0.180 e. The fourth-order valence-electron chi connectivity index (χ4n) is 1.82. The van der Waals surface area contributed by atoms with Gasteiger partial charge in [-0.1, -0.05) is 61.2 Å². The highest BCUT2D eigenvalue weighted by Gasteiger charge is 1.96. The van der Waals surface area contributed by atoms with Gasteiger partial charge in [-0.2, -0.15) is 5.10 Å². The molecule has 2 rings (SSSR count). The highest BCUT2D eigenvalue weighted by Crippen LogP contribution is 2.19. The standard InChI is InChI=1S/C18H21N3S2/c1-2-11-22-17-10-6-9-16(12-17)13-20-21-18(19)23-14-15-7-4-3-5-8-15/h3-10,12-13H,2,11,14H2,1H3,(H2,19,21). The van der Waals surface area contributed by atoms with E-state index in [1.165, 1.54) is 28.6 Å².